The van der Waals surface area contributed by atoms with Crippen LogP contribution in [0.25, 0.3) is 11.4 Å². The van der Waals surface area contributed by atoms with E-state index in [0.717, 1.165) is 38.0 Å². The highest BCUT2D eigenvalue weighted by molar-refractivity contribution is 5.79. The van der Waals surface area contributed by atoms with Crippen LogP contribution in [-0.2, 0) is 4.79 Å². The van der Waals surface area contributed by atoms with Crippen molar-refractivity contribution in [2.45, 2.75) is 44.6 Å². The average molecular weight is 355 g/mol. The number of pyridine rings is 1. The van der Waals surface area contributed by atoms with Crippen molar-refractivity contribution in [2.24, 2.45) is 0 Å². The first kappa shape index (κ1) is 17.1. The molecule has 1 unspecified atom stereocenters. The largest absolute Gasteiger partial charge is 0.337 e. The third kappa shape index (κ3) is 3.77. The molecule has 26 heavy (non-hydrogen) atoms. The fourth-order valence-electron chi connectivity index (χ4n) is 3.89. The maximum Gasteiger partial charge on any atom is 0.249 e. The molecule has 0 spiro atoms. The number of amides is 1. The zero-order valence-corrected chi connectivity index (χ0v) is 15.0. The summed E-state index contributed by atoms with van der Waals surface area (Å²) < 4.78 is 5.50. The van der Waals surface area contributed by atoms with Crippen LogP contribution in [0.4, 0.5) is 0 Å². The highest BCUT2D eigenvalue weighted by Crippen LogP contribution is 2.32. The van der Waals surface area contributed by atoms with E-state index in [4.69, 9.17) is 4.52 Å². The van der Waals surface area contributed by atoms with Gasteiger partial charge in [-0.1, -0.05) is 18.0 Å². The molecule has 2 aromatic heterocycles. The fraction of sp³-hybridized carbons (Fsp3) is 0.579. The molecule has 2 aliphatic rings. The van der Waals surface area contributed by atoms with E-state index in [1.807, 2.05) is 17.0 Å². The van der Waals surface area contributed by atoms with Crippen molar-refractivity contribution in [3.8, 4) is 11.4 Å². The topological polar surface area (TPSA) is 75.4 Å². The Morgan fingerprint density at radius 3 is 2.62 bits per heavy atom. The Morgan fingerprint density at radius 2 is 1.85 bits per heavy atom. The Bertz CT molecular complexity index is 725. The smallest absolute Gasteiger partial charge is 0.249 e. The standard InChI is InChI=1S/C19H25N5O2/c25-17(14-23-11-3-1-2-4-12-23)24-13-5-6-16(24)19-21-18(22-26-19)15-7-9-20-10-8-15/h7-10,16H,1-6,11-14H2. The molecule has 4 heterocycles. The summed E-state index contributed by atoms with van der Waals surface area (Å²) >= 11 is 0. The van der Waals surface area contributed by atoms with Crippen LogP contribution in [0.1, 0.15) is 50.5 Å². The lowest BCUT2D eigenvalue weighted by molar-refractivity contribution is -0.133. The van der Waals surface area contributed by atoms with Crippen molar-refractivity contribution in [2.75, 3.05) is 26.2 Å². The number of aromatic nitrogens is 3. The predicted octanol–water partition coefficient (Wildman–Crippen LogP) is 2.67. The number of hydrogen-bond acceptors (Lipinski definition) is 6. The molecule has 1 amide bonds. The number of hydrogen-bond donors (Lipinski definition) is 0. The third-order valence-electron chi connectivity index (χ3n) is 5.30. The van der Waals surface area contributed by atoms with Crippen LogP contribution in [0, 0.1) is 0 Å². The molecule has 2 aliphatic heterocycles. The van der Waals surface area contributed by atoms with Gasteiger partial charge in [0, 0.05) is 24.5 Å². The first-order chi connectivity index (χ1) is 12.8. The second-order valence-electron chi connectivity index (χ2n) is 7.13. The number of carbonyl (C=O) groups is 1. The van der Waals surface area contributed by atoms with Crippen molar-refractivity contribution < 1.29 is 9.32 Å². The maximum atomic E-state index is 12.9. The van der Waals surface area contributed by atoms with Crippen LogP contribution in [-0.4, -0.2) is 57.0 Å². The predicted molar refractivity (Wildman–Crippen MR) is 96.1 cm³/mol. The van der Waals surface area contributed by atoms with E-state index in [1.54, 1.807) is 12.4 Å². The van der Waals surface area contributed by atoms with Crippen LogP contribution in [0.3, 0.4) is 0 Å². The van der Waals surface area contributed by atoms with Gasteiger partial charge in [-0.25, -0.2) is 0 Å². The van der Waals surface area contributed by atoms with Crippen LogP contribution in [0.15, 0.2) is 29.0 Å². The Kier molecular flexibility index (Phi) is 5.24. The van der Waals surface area contributed by atoms with Crippen LogP contribution >= 0.6 is 0 Å². The van der Waals surface area contributed by atoms with Crippen molar-refractivity contribution in [1.82, 2.24) is 24.9 Å². The van der Waals surface area contributed by atoms with Gasteiger partial charge < -0.3 is 9.42 Å². The van der Waals surface area contributed by atoms with Crippen molar-refractivity contribution in [3.05, 3.63) is 30.4 Å². The summed E-state index contributed by atoms with van der Waals surface area (Å²) in [6, 6.07) is 3.61. The number of rotatable bonds is 4. The molecule has 2 fully saturated rings. The van der Waals surface area contributed by atoms with Crippen molar-refractivity contribution >= 4 is 5.91 Å². The van der Waals surface area contributed by atoms with Crippen LogP contribution in [0.5, 0.6) is 0 Å². The first-order valence-corrected chi connectivity index (χ1v) is 9.57. The maximum absolute atomic E-state index is 12.9. The molecule has 0 saturated carbocycles. The molecule has 0 aliphatic carbocycles. The SMILES string of the molecule is O=C(CN1CCCCCC1)N1CCCC1c1nc(-c2ccncc2)no1. The van der Waals surface area contributed by atoms with Gasteiger partial charge >= 0.3 is 0 Å². The monoisotopic (exact) mass is 355 g/mol. The molecule has 138 valence electrons. The Balaban J connectivity index is 1.44. The molecule has 2 aromatic rings. The normalized spacial score (nSPS) is 21.7. The summed E-state index contributed by atoms with van der Waals surface area (Å²) in [5.41, 5.74) is 0.871. The van der Waals surface area contributed by atoms with E-state index in [2.05, 4.69) is 20.0 Å². The summed E-state index contributed by atoms with van der Waals surface area (Å²) in [7, 11) is 0. The summed E-state index contributed by atoms with van der Waals surface area (Å²) in [4.78, 5) is 25.6. The highest BCUT2D eigenvalue weighted by Gasteiger charge is 2.34. The lowest BCUT2D eigenvalue weighted by atomic mass is 10.2. The minimum absolute atomic E-state index is 0.0995. The zero-order chi connectivity index (χ0) is 17.8. The molecule has 1 atom stereocenters. The molecular weight excluding hydrogens is 330 g/mol. The molecule has 0 radical (unpaired) electrons. The molecular formula is C19H25N5O2. The van der Waals surface area contributed by atoms with Gasteiger partial charge in [0.25, 0.3) is 0 Å². The Hall–Kier alpha value is -2.28. The van der Waals surface area contributed by atoms with Gasteiger partial charge in [-0.3, -0.25) is 14.7 Å². The van der Waals surface area contributed by atoms with Crippen molar-refractivity contribution in [1.29, 1.82) is 0 Å². The molecule has 0 N–H and O–H groups in total. The number of likely N-dealkylation sites (tertiary alicyclic amines) is 2. The first-order valence-electron chi connectivity index (χ1n) is 9.57. The van der Waals surface area contributed by atoms with Gasteiger partial charge in [0.1, 0.15) is 6.04 Å². The van der Waals surface area contributed by atoms with Gasteiger partial charge in [0.05, 0.1) is 6.54 Å². The Morgan fingerprint density at radius 1 is 1.08 bits per heavy atom. The van der Waals surface area contributed by atoms with E-state index >= 15 is 0 Å². The number of carbonyl (C=O) groups excluding carboxylic acids is 1. The average Bonchev–Trinajstić information content (AvgIpc) is 3.28. The number of nitrogens with zero attached hydrogens (tertiary/aromatic N) is 5. The van der Waals surface area contributed by atoms with Gasteiger partial charge in [-0.2, -0.15) is 4.98 Å². The minimum Gasteiger partial charge on any atom is -0.337 e. The molecule has 4 rings (SSSR count). The second-order valence-corrected chi connectivity index (χ2v) is 7.13. The lowest BCUT2D eigenvalue weighted by Crippen LogP contribution is -2.40. The zero-order valence-electron chi connectivity index (χ0n) is 15.0. The quantitative estimate of drug-likeness (QED) is 0.839. The fourth-order valence-corrected chi connectivity index (χ4v) is 3.89. The summed E-state index contributed by atoms with van der Waals surface area (Å²) in [5.74, 6) is 1.27. The molecule has 0 bridgehead atoms. The third-order valence-corrected chi connectivity index (χ3v) is 5.30. The van der Waals surface area contributed by atoms with Gasteiger partial charge in [-0.05, 0) is 50.9 Å². The van der Waals surface area contributed by atoms with Crippen LogP contribution < -0.4 is 0 Å². The second kappa shape index (κ2) is 7.95. The molecule has 7 heteroatoms. The Labute approximate surface area is 153 Å². The summed E-state index contributed by atoms with van der Waals surface area (Å²) in [6.45, 7) is 3.32. The van der Waals surface area contributed by atoms with Gasteiger partial charge in [0.15, 0.2) is 0 Å². The minimum atomic E-state index is -0.0995. The lowest BCUT2D eigenvalue weighted by Gasteiger charge is -2.26. The van der Waals surface area contributed by atoms with Crippen LogP contribution in [0.2, 0.25) is 0 Å². The van der Waals surface area contributed by atoms with E-state index in [0.29, 0.717) is 18.3 Å². The van der Waals surface area contributed by atoms with E-state index in [-0.39, 0.29) is 11.9 Å². The van der Waals surface area contributed by atoms with E-state index < -0.39 is 0 Å². The van der Waals surface area contributed by atoms with E-state index in [1.165, 1.54) is 25.7 Å². The molecule has 7 nitrogen and oxygen atoms in total. The molecule has 0 aromatic carbocycles. The van der Waals surface area contributed by atoms with Gasteiger partial charge in [-0.15, -0.1) is 0 Å². The highest BCUT2D eigenvalue weighted by atomic mass is 16.5. The van der Waals surface area contributed by atoms with Crippen molar-refractivity contribution in [3.63, 3.8) is 0 Å². The molecule has 2 saturated heterocycles. The van der Waals surface area contributed by atoms with Gasteiger partial charge in [0.2, 0.25) is 17.6 Å². The summed E-state index contributed by atoms with van der Waals surface area (Å²) in [6.07, 6.45) is 10.2. The summed E-state index contributed by atoms with van der Waals surface area (Å²) in [5, 5.41) is 4.09. The van der Waals surface area contributed by atoms with E-state index in [9.17, 15) is 4.79 Å².